The predicted octanol–water partition coefficient (Wildman–Crippen LogP) is 5.00. The zero-order valence-electron chi connectivity index (χ0n) is 12.9. The zero-order chi connectivity index (χ0) is 16.6. The number of carbonyl (C=O) groups excluding carboxylic acids is 1. The minimum atomic E-state index is -4.50. The highest BCUT2D eigenvalue weighted by Crippen LogP contribution is 2.30. The lowest BCUT2D eigenvalue weighted by atomic mass is 9.98. The molecule has 0 aromatic carbocycles. The Kier molecular flexibility index (Phi) is 7.35. The van der Waals surface area contributed by atoms with Crippen molar-refractivity contribution in [3.8, 4) is 5.75 Å². The highest BCUT2D eigenvalue weighted by atomic mass is 19.4. The molecule has 124 valence electrons. The van der Waals surface area contributed by atoms with Crippen LogP contribution in [0.2, 0.25) is 0 Å². The van der Waals surface area contributed by atoms with Crippen LogP contribution in [0.1, 0.15) is 57.9 Å². The summed E-state index contributed by atoms with van der Waals surface area (Å²) in [5.41, 5.74) is -0.922. The van der Waals surface area contributed by atoms with Gasteiger partial charge in [-0.2, -0.15) is 13.2 Å². The van der Waals surface area contributed by atoms with E-state index in [2.05, 4.69) is 11.9 Å². The Morgan fingerprint density at radius 3 is 2.55 bits per heavy atom. The molecule has 1 aromatic heterocycles. The lowest BCUT2D eigenvalue weighted by Gasteiger charge is -2.14. The quantitative estimate of drug-likeness (QED) is 0.500. The first-order valence-electron chi connectivity index (χ1n) is 7.62. The lowest BCUT2D eigenvalue weighted by molar-refractivity contribution is -0.141. The Labute approximate surface area is 128 Å². The van der Waals surface area contributed by atoms with Crippen LogP contribution in [0.15, 0.2) is 18.5 Å². The molecule has 0 aliphatic carbocycles. The molecular weight excluding hydrogens is 295 g/mol. The molecule has 0 fully saturated rings. The van der Waals surface area contributed by atoms with Gasteiger partial charge in [-0.15, -0.1) is 0 Å². The van der Waals surface area contributed by atoms with Gasteiger partial charge in [0, 0.05) is 6.20 Å². The first-order chi connectivity index (χ1) is 10.4. The number of nitrogens with zero attached hydrogens (tertiary/aromatic N) is 1. The van der Waals surface area contributed by atoms with Crippen LogP contribution in [0.4, 0.5) is 13.2 Å². The number of carbonyl (C=O) groups is 1. The van der Waals surface area contributed by atoms with Gasteiger partial charge in [-0.25, -0.2) is 0 Å². The summed E-state index contributed by atoms with van der Waals surface area (Å²) in [5, 5.41) is 0. The third-order valence-corrected chi connectivity index (χ3v) is 3.49. The fraction of sp³-hybridized carbons (Fsp3) is 0.625. The minimum absolute atomic E-state index is 0.160. The van der Waals surface area contributed by atoms with E-state index in [9.17, 15) is 18.0 Å². The molecule has 6 heteroatoms. The van der Waals surface area contributed by atoms with Gasteiger partial charge in [-0.1, -0.05) is 39.5 Å². The van der Waals surface area contributed by atoms with Crippen LogP contribution in [0.5, 0.6) is 5.75 Å². The summed E-state index contributed by atoms with van der Waals surface area (Å²) in [7, 11) is 0. The molecule has 0 spiro atoms. The molecule has 0 aliphatic heterocycles. The molecule has 0 radical (unpaired) electrons. The molecule has 0 aliphatic rings. The Morgan fingerprint density at radius 1 is 1.23 bits per heavy atom. The van der Waals surface area contributed by atoms with Crippen molar-refractivity contribution in [3.63, 3.8) is 0 Å². The summed E-state index contributed by atoms with van der Waals surface area (Å²) < 4.78 is 42.8. The summed E-state index contributed by atoms with van der Waals surface area (Å²) in [5.74, 6) is -0.932. The van der Waals surface area contributed by atoms with Crippen LogP contribution in [0, 0.1) is 5.92 Å². The third kappa shape index (κ3) is 6.03. The van der Waals surface area contributed by atoms with Gasteiger partial charge in [0.05, 0.1) is 17.7 Å². The van der Waals surface area contributed by atoms with Crippen molar-refractivity contribution in [1.29, 1.82) is 0 Å². The SMILES string of the molecule is CCCCCCC(CC)C(=O)Oc1cncc(C(F)(F)F)c1. The van der Waals surface area contributed by atoms with Gasteiger partial charge < -0.3 is 4.74 Å². The molecule has 0 amide bonds. The molecule has 3 nitrogen and oxygen atoms in total. The van der Waals surface area contributed by atoms with E-state index in [1.165, 1.54) is 0 Å². The van der Waals surface area contributed by atoms with Crippen LogP contribution in [0.25, 0.3) is 0 Å². The van der Waals surface area contributed by atoms with Crippen LogP contribution in [-0.4, -0.2) is 11.0 Å². The van der Waals surface area contributed by atoms with E-state index in [4.69, 9.17) is 4.74 Å². The van der Waals surface area contributed by atoms with Gasteiger partial charge in [0.25, 0.3) is 0 Å². The van der Waals surface area contributed by atoms with E-state index in [0.717, 1.165) is 37.9 Å². The number of hydrogen-bond acceptors (Lipinski definition) is 3. The standard InChI is InChI=1S/C16H22F3NO2/c1-3-5-6-7-8-12(4-2)15(21)22-14-9-13(10-20-11-14)16(17,18)19/h9-12H,3-8H2,1-2H3. The summed E-state index contributed by atoms with van der Waals surface area (Å²) in [6.07, 6.45) is 2.82. The number of alkyl halides is 3. The summed E-state index contributed by atoms with van der Waals surface area (Å²) in [6, 6.07) is 0.800. The van der Waals surface area contributed by atoms with E-state index in [1.54, 1.807) is 0 Å². The maximum atomic E-state index is 12.6. The second kappa shape index (κ2) is 8.76. The number of ether oxygens (including phenoxy) is 1. The molecule has 1 atom stereocenters. The maximum absolute atomic E-state index is 12.6. The van der Waals surface area contributed by atoms with Crippen molar-refractivity contribution in [1.82, 2.24) is 4.98 Å². The first-order valence-corrected chi connectivity index (χ1v) is 7.62. The van der Waals surface area contributed by atoms with E-state index in [-0.39, 0.29) is 11.7 Å². The van der Waals surface area contributed by atoms with Gasteiger partial charge in [0.15, 0.2) is 0 Å². The van der Waals surface area contributed by atoms with Crippen LogP contribution in [-0.2, 0) is 11.0 Å². The minimum Gasteiger partial charge on any atom is -0.425 e. The number of hydrogen-bond donors (Lipinski definition) is 0. The number of esters is 1. The summed E-state index contributed by atoms with van der Waals surface area (Å²) in [4.78, 5) is 15.5. The average Bonchev–Trinajstić information content (AvgIpc) is 2.46. The van der Waals surface area contributed by atoms with Crippen LogP contribution >= 0.6 is 0 Å². The first kappa shape index (κ1) is 18.5. The van der Waals surface area contributed by atoms with E-state index in [1.807, 2.05) is 6.92 Å². The average molecular weight is 317 g/mol. The normalized spacial score (nSPS) is 13.0. The molecule has 22 heavy (non-hydrogen) atoms. The van der Waals surface area contributed by atoms with Crippen LogP contribution in [0.3, 0.4) is 0 Å². The van der Waals surface area contributed by atoms with Crippen molar-refractivity contribution >= 4 is 5.97 Å². The molecule has 1 rings (SSSR count). The van der Waals surface area contributed by atoms with Crippen molar-refractivity contribution in [3.05, 3.63) is 24.0 Å². The van der Waals surface area contributed by atoms with Crippen molar-refractivity contribution in [2.45, 2.75) is 58.5 Å². The fourth-order valence-corrected chi connectivity index (χ4v) is 2.14. The maximum Gasteiger partial charge on any atom is 0.418 e. The highest BCUT2D eigenvalue weighted by Gasteiger charge is 2.31. The van der Waals surface area contributed by atoms with Crippen molar-refractivity contribution in [2.24, 2.45) is 5.92 Å². The predicted molar refractivity (Wildman–Crippen MR) is 77.4 cm³/mol. The second-order valence-electron chi connectivity index (χ2n) is 5.28. The fourth-order valence-electron chi connectivity index (χ4n) is 2.14. The monoisotopic (exact) mass is 317 g/mol. The highest BCUT2D eigenvalue weighted by molar-refractivity contribution is 5.75. The number of aromatic nitrogens is 1. The Morgan fingerprint density at radius 2 is 1.95 bits per heavy atom. The Bertz CT molecular complexity index is 475. The largest absolute Gasteiger partial charge is 0.425 e. The van der Waals surface area contributed by atoms with Crippen LogP contribution < -0.4 is 4.74 Å². The van der Waals surface area contributed by atoms with Gasteiger partial charge in [-0.05, 0) is 18.9 Å². The van der Waals surface area contributed by atoms with Gasteiger partial charge in [0.1, 0.15) is 5.75 Å². The Balaban J connectivity index is 2.62. The molecular formula is C16H22F3NO2. The Hall–Kier alpha value is -1.59. The van der Waals surface area contributed by atoms with Crippen molar-refractivity contribution in [2.75, 3.05) is 0 Å². The third-order valence-electron chi connectivity index (χ3n) is 3.49. The molecule has 0 saturated heterocycles. The van der Waals surface area contributed by atoms with E-state index in [0.29, 0.717) is 19.0 Å². The number of halogens is 3. The smallest absolute Gasteiger partial charge is 0.418 e. The topological polar surface area (TPSA) is 39.2 Å². The van der Waals surface area contributed by atoms with Gasteiger partial charge in [-0.3, -0.25) is 9.78 Å². The van der Waals surface area contributed by atoms with Gasteiger partial charge >= 0.3 is 12.1 Å². The lowest BCUT2D eigenvalue weighted by Crippen LogP contribution is -2.20. The van der Waals surface area contributed by atoms with E-state index >= 15 is 0 Å². The molecule has 1 unspecified atom stereocenters. The van der Waals surface area contributed by atoms with Gasteiger partial charge in [0.2, 0.25) is 0 Å². The molecule has 1 aromatic rings. The second-order valence-corrected chi connectivity index (χ2v) is 5.28. The number of unbranched alkanes of at least 4 members (excludes halogenated alkanes) is 3. The molecule has 0 saturated carbocycles. The molecule has 0 bridgehead atoms. The zero-order valence-corrected chi connectivity index (χ0v) is 12.9. The number of pyridine rings is 1. The molecule has 0 N–H and O–H groups in total. The summed E-state index contributed by atoms with van der Waals surface area (Å²) >= 11 is 0. The number of rotatable bonds is 8. The molecule has 1 heterocycles. The van der Waals surface area contributed by atoms with E-state index < -0.39 is 17.7 Å². The summed E-state index contributed by atoms with van der Waals surface area (Å²) in [6.45, 7) is 3.97. The van der Waals surface area contributed by atoms with Crippen molar-refractivity contribution < 1.29 is 22.7 Å².